The number of halogens is 2. The minimum Gasteiger partial charge on any atom is -0.495 e. The molecule has 0 radical (unpaired) electrons. The zero-order valence-corrected chi connectivity index (χ0v) is 15.8. The van der Waals surface area contributed by atoms with E-state index in [1.165, 1.54) is 18.1 Å². The van der Waals surface area contributed by atoms with E-state index in [2.05, 4.69) is 5.32 Å². The molecule has 2 aromatic rings. The van der Waals surface area contributed by atoms with Gasteiger partial charge in [-0.05, 0) is 24.6 Å². The highest BCUT2D eigenvalue weighted by atomic mass is 35.5. The molecule has 2 amide bonds. The first kappa shape index (κ1) is 19.2. The maximum atomic E-state index is 13.8. The Bertz CT molecular complexity index is 888. The highest BCUT2D eigenvalue weighted by Gasteiger charge is 2.34. The molecule has 142 valence electrons. The summed E-state index contributed by atoms with van der Waals surface area (Å²) in [6, 6.07) is 9.68. The first-order valence-corrected chi connectivity index (χ1v) is 8.93. The number of hydrogen-bond acceptors (Lipinski definition) is 3. The summed E-state index contributed by atoms with van der Waals surface area (Å²) in [5, 5.41) is 3.35. The summed E-state index contributed by atoms with van der Waals surface area (Å²) in [5.74, 6) is -0.868. The van der Waals surface area contributed by atoms with Crippen LogP contribution in [0.3, 0.4) is 0 Å². The minimum absolute atomic E-state index is 0.0924. The largest absolute Gasteiger partial charge is 0.495 e. The van der Waals surface area contributed by atoms with Crippen LogP contribution in [0.5, 0.6) is 5.75 Å². The normalized spacial score (nSPS) is 16.5. The molecule has 0 saturated carbocycles. The van der Waals surface area contributed by atoms with Gasteiger partial charge in [-0.2, -0.15) is 0 Å². The molecular weight excluding hydrogens is 371 g/mol. The Morgan fingerprint density at radius 3 is 2.81 bits per heavy atom. The maximum Gasteiger partial charge on any atom is 0.229 e. The summed E-state index contributed by atoms with van der Waals surface area (Å²) in [7, 11) is 1.49. The van der Waals surface area contributed by atoms with Crippen molar-refractivity contribution < 1.29 is 18.7 Å². The number of hydrogen-bond donors (Lipinski definition) is 1. The second-order valence-electron chi connectivity index (χ2n) is 6.56. The summed E-state index contributed by atoms with van der Waals surface area (Å²) >= 11 is 6.08. The van der Waals surface area contributed by atoms with Crippen molar-refractivity contribution in [3.05, 3.63) is 58.4 Å². The first-order chi connectivity index (χ1) is 12.9. The third-order valence-electron chi connectivity index (χ3n) is 4.64. The van der Waals surface area contributed by atoms with E-state index in [-0.39, 0.29) is 37.1 Å². The predicted octanol–water partition coefficient (Wildman–Crippen LogP) is 3.78. The molecule has 1 saturated heterocycles. The number of likely N-dealkylation sites (tertiary alicyclic amines) is 1. The average molecular weight is 391 g/mol. The molecule has 1 aliphatic heterocycles. The number of nitrogens with zero attached hydrogens (tertiary/aromatic N) is 1. The molecule has 0 aromatic heterocycles. The molecule has 0 bridgehead atoms. The molecular formula is C20H20ClFN2O3. The van der Waals surface area contributed by atoms with Gasteiger partial charge in [0.05, 0.1) is 18.7 Å². The van der Waals surface area contributed by atoms with Gasteiger partial charge >= 0.3 is 0 Å². The Hall–Kier alpha value is -2.60. The van der Waals surface area contributed by atoms with E-state index in [0.29, 0.717) is 22.0 Å². The monoisotopic (exact) mass is 390 g/mol. The quantitative estimate of drug-likeness (QED) is 0.845. The number of ether oxygens (including phenoxy) is 1. The lowest BCUT2D eigenvalue weighted by Crippen LogP contribution is -2.28. The summed E-state index contributed by atoms with van der Waals surface area (Å²) in [6.45, 7) is 2.22. The van der Waals surface area contributed by atoms with Crippen molar-refractivity contribution in [3.63, 3.8) is 0 Å². The van der Waals surface area contributed by atoms with E-state index in [0.717, 1.165) is 5.56 Å². The molecule has 5 nitrogen and oxygen atoms in total. The number of benzene rings is 2. The fraction of sp³-hybridized carbons (Fsp3) is 0.300. The van der Waals surface area contributed by atoms with Crippen molar-refractivity contribution in [1.82, 2.24) is 4.90 Å². The van der Waals surface area contributed by atoms with Gasteiger partial charge in [-0.1, -0.05) is 29.8 Å². The smallest absolute Gasteiger partial charge is 0.229 e. The minimum atomic E-state index is -0.509. The van der Waals surface area contributed by atoms with Crippen molar-refractivity contribution in [2.45, 2.75) is 19.9 Å². The predicted molar refractivity (Wildman–Crippen MR) is 101 cm³/mol. The van der Waals surface area contributed by atoms with Gasteiger partial charge in [0.1, 0.15) is 11.6 Å². The summed E-state index contributed by atoms with van der Waals surface area (Å²) in [6.07, 6.45) is 0.0924. The molecule has 1 aliphatic rings. The van der Waals surface area contributed by atoms with Gasteiger partial charge in [0.15, 0.2) is 0 Å². The molecule has 2 aromatic carbocycles. The number of rotatable bonds is 5. The van der Waals surface area contributed by atoms with Gasteiger partial charge in [0.25, 0.3) is 0 Å². The molecule has 27 heavy (non-hydrogen) atoms. The fourth-order valence-electron chi connectivity index (χ4n) is 3.10. The van der Waals surface area contributed by atoms with Crippen molar-refractivity contribution in [2.75, 3.05) is 19.0 Å². The molecule has 0 spiro atoms. The molecule has 1 fully saturated rings. The molecule has 1 heterocycles. The van der Waals surface area contributed by atoms with Crippen LogP contribution in [0.4, 0.5) is 10.1 Å². The fourth-order valence-corrected chi connectivity index (χ4v) is 3.25. The lowest BCUT2D eigenvalue weighted by molar-refractivity contribution is -0.128. The van der Waals surface area contributed by atoms with Gasteiger partial charge in [-0.3, -0.25) is 9.59 Å². The number of anilines is 1. The average Bonchev–Trinajstić information content (AvgIpc) is 3.00. The number of carbonyl (C=O) groups excluding carboxylic acids is 2. The number of aryl methyl sites for hydroxylation is 1. The Kier molecular flexibility index (Phi) is 5.65. The number of carbonyl (C=O) groups is 2. The summed E-state index contributed by atoms with van der Waals surface area (Å²) in [4.78, 5) is 26.4. The third-order valence-corrected chi connectivity index (χ3v) is 5.05. The molecule has 7 heteroatoms. The zero-order valence-electron chi connectivity index (χ0n) is 15.1. The van der Waals surface area contributed by atoms with Crippen LogP contribution in [0.25, 0.3) is 0 Å². The standard InChI is InChI=1S/C20H20ClFN2O3/c1-12-7-17(18(27-2)9-15(12)21)23-20(26)14-8-19(25)24(11-14)10-13-5-3-4-6-16(13)22/h3-7,9,14H,8,10-11H2,1-2H3,(H,23,26). The topological polar surface area (TPSA) is 58.6 Å². The molecule has 1 unspecified atom stereocenters. The van der Waals surface area contributed by atoms with Crippen molar-refractivity contribution in [3.8, 4) is 5.75 Å². The van der Waals surface area contributed by atoms with Gasteiger partial charge in [0.2, 0.25) is 11.8 Å². The van der Waals surface area contributed by atoms with Crippen LogP contribution in [-0.2, 0) is 16.1 Å². The van der Waals surface area contributed by atoms with E-state index in [9.17, 15) is 14.0 Å². The third kappa shape index (κ3) is 4.22. The number of methoxy groups -OCH3 is 1. The number of amides is 2. The Balaban J connectivity index is 1.69. The van der Waals surface area contributed by atoms with E-state index >= 15 is 0 Å². The van der Waals surface area contributed by atoms with E-state index in [4.69, 9.17) is 16.3 Å². The van der Waals surface area contributed by atoms with Gasteiger partial charge in [-0.25, -0.2) is 4.39 Å². The van der Waals surface area contributed by atoms with Crippen LogP contribution in [0.15, 0.2) is 36.4 Å². The van der Waals surface area contributed by atoms with Crippen LogP contribution < -0.4 is 10.1 Å². The maximum absolute atomic E-state index is 13.8. The van der Waals surface area contributed by atoms with Crippen LogP contribution in [-0.4, -0.2) is 30.4 Å². The second kappa shape index (κ2) is 7.96. The lowest BCUT2D eigenvalue weighted by Gasteiger charge is -2.18. The zero-order chi connectivity index (χ0) is 19.6. The van der Waals surface area contributed by atoms with Crippen molar-refractivity contribution in [1.29, 1.82) is 0 Å². The van der Waals surface area contributed by atoms with Gasteiger partial charge < -0.3 is 15.0 Å². The Labute approximate surface area is 162 Å². The van der Waals surface area contributed by atoms with Crippen LogP contribution in [0.1, 0.15) is 17.5 Å². The van der Waals surface area contributed by atoms with Gasteiger partial charge in [0, 0.05) is 36.2 Å². The summed E-state index contributed by atoms with van der Waals surface area (Å²) < 4.78 is 19.1. The summed E-state index contributed by atoms with van der Waals surface area (Å²) in [5.41, 5.74) is 1.74. The van der Waals surface area contributed by atoms with E-state index < -0.39 is 5.92 Å². The molecule has 0 aliphatic carbocycles. The van der Waals surface area contributed by atoms with E-state index in [1.54, 1.807) is 30.3 Å². The van der Waals surface area contributed by atoms with Gasteiger partial charge in [-0.15, -0.1) is 0 Å². The highest BCUT2D eigenvalue weighted by Crippen LogP contribution is 2.32. The molecule has 1 N–H and O–H groups in total. The second-order valence-corrected chi connectivity index (χ2v) is 6.96. The molecule has 1 atom stereocenters. The number of nitrogens with one attached hydrogen (secondary N) is 1. The van der Waals surface area contributed by atoms with Crippen LogP contribution in [0.2, 0.25) is 5.02 Å². The first-order valence-electron chi connectivity index (χ1n) is 8.55. The molecule has 3 rings (SSSR count). The van der Waals surface area contributed by atoms with Crippen molar-refractivity contribution >= 4 is 29.1 Å². The highest BCUT2D eigenvalue weighted by molar-refractivity contribution is 6.31. The van der Waals surface area contributed by atoms with Crippen LogP contribution in [0, 0.1) is 18.7 Å². The lowest BCUT2D eigenvalue weighted by atomic mass is 10.1. The SMILES string of the molecule is COc1cc(Cl)c(C)cc1NC(=O)C1CC(=O)N(Cc2ccccc2F)C1. The van der Waals surface area contributed by atoms with E-state index in [1.807, 2.05) is 6.92 Å². The van der Waals surface area contributed by atoms with Crippen molar-refractivity contribution in [2.24, 2.45) is 5.92 Å². The van der Waals surface area contributed by atoms with Crippen LogP contribution >= 0.6 is 11.6 Å². The Morgan fingerprint density at radius 1 is 1.37 bits per heavy atom. The Morgan fingerprint density at radius 2 is 2.11 bits per heavy atom.